The topological polar surface area (TPSA) is 24.9 Å². The van der Waals surface area contributed by atoms with E-state index in [0.29, 0.717) is 6.04 Å². The van der Waals surface area contributed by atoms with Gasteiger partial charge in [0.1, 0.15) is 0 Å². The molecule has 0 spiro atoms. The van der Waals surface area contributed by atoms with Crippen molar-refractivity contribution in [1.82, 2.24) is 10.3 Å². The number of pyridine rings is 1. The van der Waals surface area contributed by atoms with Gasteiger partial charge < -0.3 is 5.32 Å². The first kappa shape index (κ1) is 11.9. The van der Waals surface area contributed by atoms with Crippen molar-refractivity contribution < 1.29 is 0 Å². The largest absolute Gasteiger partial charge is 0.310 e. The maximum Gasteiger partial charge on any atom is 0.0965 e. The molecule has 1 N–H and O–H groups in total. The Labute approximate surface area is 102 Å². The number of nitrogens with zero attached hydrogens (tertiary/aromatic N) is 1. The lowest BCUT2D eigenvalue weighted by molar-refractivity contribution is 0.643. The zero-order chi connectivity index (χ0) is 11.6. The van der Waals surface area contributed by atoms with Gasteiger partial charge in [-0.1, -0.05) is 26.8 Å². The molecule has 0 bridgehead atoms. The van der Waals surface area contributed by atoms with E-state index in [-0.39, 0.29) is 4.75 Å². The number of rotatable bonds is 2. The highest BCUT2D eigenvalue weighted by Crippen LogP contribution is 2.31. The van der Waals surface area contributed by atoms with Crippen LogP contribution in [0.25, 0.3) is 0 Å². The van der Waals surface area contributed by atoms with Crippen LogP contribution >= 0.6 is 11.8 Å². The fourth-order valence-corrected chi connectivity index (χ4v) is 2.81. The van der Waals surface area contributed by atoms with Gasteiger partial charge in [-0.2, -0.15) is 0 Å². The van der Waals surface area contributed by atoms with Gasteiger partial charge in [-0.25, -0.2) is 4.98 Å². The van der Waals surface area contributed by atoms with Crippen molar-refractivity contribution in [2.24, 2.45) is 0 Å². The van der Waals surface area contributed by atoms with E-state index < -0.39 is 0 Å². The summed E-state index contributed by atoms with van der Waals surface area (Å²) in [4.78, 5) is 4.53. The first-order chi connectivity index (χ1) is 7.54. The summed E-state index contributed by atoms with van der Waals surface area (Å²) in [6.07, 6.45) is 4.55. The molecule has 0 saturated carbocycles. The number of nitrogens with one attached hydrogen (secondary N) is 1. The average molecular weight is 236 g/mol. The molecule has 2 rings (SSSR count). The van der Waals surface area contributed by atoms with Gasteiger partial charge in [0.05, 0.1) is 5.03 Å². The molecule has 0 radical (unpaired) electrons. The third kappa shape index (κ3) is 3.22. The van der Waals surface area contributed by atoms with Crippen molar-refractivity contribution in [2.75, 3.05) is 6.54 Å². The fourth-order valence-electron chi connectivity index (χ4n) is 1.94. The Morgan fingerprint density at radius 1 is 1.38 bits per heavy atom. The molecule has 1 unspecified atom stereocenters. The van der Waals surface area contributed by atoms with Crippen molar-refractivity contribution >= 4 is 11.8 Å². The van der Waals surface area contributed by atoms with Crippen LogP contribution in [0.4, 0.5) is 0 Å². The van der Waals surface area contributed by atoms with E-state index in [2.05, 4.69) is 43.2 Å². The summed E-state index contributed by atoms with van der Waals surface area (Å²) in [5.41, 5.74) is 1.33. The normalized spacial score (nSPS) is 21.3. The molecule has 1 atom stereocenters. The molecule has 0 amide bonds. The zero-order valence-corrected chi connectivity index (χ0v) is 11.1. The average Bonchev–Trinajstić information content (AvgIpc) is 2.69. The SMILES string of the molecule is CC(C)(C)Sc1ccc(C2CCCN2)cn1. The summed E-state index contributed by atoms with van der Waals surface area (Å²) in [5, 5.41) is 4.61. The zero-order valence-electron chi connectivity index (χ0n) is 10.3. The maximum atomic E-state index is 4.53. The van der Waals surface area contributed by atoms with Crippen LogP contribution in [-0.2, 0) is 0 Å². The van der Waals surface area contributed by atoms with Gasteiger partial charge in [0.2, 0.25) is 0 Å². The molecule has 16 heavy (non-hydrogen) atoms. The van der Waals surface area contributed by atoms with E-state index in [0.717, 1.165) is 11.6 Å². The number of thioether (sulfide) groups is 1. The number of aromatic nitrogens is 1. The van der Waals surface area contributed by atoms with Gasteiger partial charge in [0.15, 0.2) is 0 Å². The van der Waals surface area contributed by atoms with Crippen molar-refractivity contribution in [3.8, 4) is 0 Å². The molecule has 1 aromatic heterocycles. The van der Waals surface area contributed by atoms with Gasteiger partial charge >= 0.3 is 0 Å². The number of hydrogen-bond acceptors (Lipinski definition) is 3. The molecule has 0 aliphatic carbocycles. The van der Waals surface area contributed by atoms with Gasteiger partial charge in [-0.05, 0) is 31.0 Å². The Kier molecular flexibility index (Phi) is 3.55. The van der Waals surface area contributed by atoms with E-state index in [1.807, 2.05) is 18.0 Å². The van der Waals surface area contributed by atoms with Crippen LogP contribution in [-0.4, -0.2) is 16.3 Å². The predicted octanol–water partition coefficient (Wildman–Crippen LogP) is 3.40. The van der Waals surface area contributed by atoms with Crippen LogP contribution in [0.3, 0.4) is 0 Å². The molecule has 3 heteroatoms. The van der Waals surface area contributed by atoms with Crippen LogP contribution in [0, 0.1) is 0 Å². The molecular formula is C13H20N2S. The van der Waals surface area contributed by atoms with Crippen LogP contribution in [0.1, 0.15) is 45.2 Å². The highest BCUT2D eigenvalue weighted by Gasteiger charge is 2.17. The molecular weight excluding hydrogens is 216 g/mol. The van der Waals surface area contributed by atoms with Crippen LogP contribution < -0.4 is 5.32 Å². The molecule has 2 nitrogen and oxygen atoms in total. The lowest BCUT2D eigenvalue weighted by Gasteiger charge is -2.17. The highest BCUT2D eigenvalue weighted by molar-refractivity contribution is 8.00. The van der Waals surface area contributed by atoms with Gasteiger partial charge in [0, 0.05) is 17.0 Å². The predicted molar refractivity (Wildman–Crippen MR) is 69.8 cm³/mol. The summed E-state index contributed by atoms with van der Waals surface area (Å²) >= 11 is 1.82. The van der Waals surface area contributed by atoms with E-state index in [1.54, 1.807) is 0 Å². The summed E-state index contributed by atoms with van der Waals surface area (Å²) in [5.74, 6) is 0. The molecule has 1 aliphatic heterocycles. The van der Waals surface area contributed by atoms with Crippen molar-refractivity contribution in [3.63, 3.8) is 0 Å². The van der Waals surface area contributed by atoms with E-state index >= 15 is 0 Å². The summed E-state index contributed by atoms with van der Waals surface area (Å²) in [7, 11) is 0. The second-order valence-electron chi connectivity index (χ2n) is 5.29. The molecule has 1 aliphatic rings. The van der Waals surface area contributed by atoms with Crippen molar-refractivity contribution in [1.29, 1.82) is 0 Å². The maximum absolute atomic E-state index is 4.53. The second kappa shape index (κ2) is 4.76. The third-order valence-corrected chi connectivity index (χ3v) is 3.70. The number of hydrogen-bond donors (Lipinski definition) is 1. The minimum atomic E-state index is 0.236. The molecule has 1 fully saturated rings. The van der Waals surface area contributed by atoms with Crippen LogP contribution in [0.2, 0.25) is 0 Å². The van der Waals surface area contributed by atoms with Crippen LogP contribution in [0.5, 0.6) is 0 Å². The van der Waals surface area contributed by atoms with Crippen molar-refractivity contribution in [3.05, 3.63) is 23.9 Å². The highest BCUT2D eigenvalue weighted by atomic mass is 32.2. The van der Waals surface area contributed by atoms with E-state index in [4.69, 9.17) is 0 Å². The van der Waals surface area contributed by atoms with E-state index in [9.17, 15) is 0 Å². The first-order valence-electron chi connectivity index (χ1n) is 5.93. The summed E-state index contributed by atoms with van der Waals surface area (Å²) in [6.45, 7) is 7.78. The lowest BCUT2D eigenvalue weighted by atomic mass is 10.1. The Bertz CT molecular complexity index is 334. The van der Waals surface area contributed by atoms with Crippen molar-refractivity contribution in [2.45, 2.75) is 49.4 Å². The molecule has 0 aromatic carbocycles. The fraction of sp³-hybridized carbons (Fsp3) is 0.615. The third-order valence-electron chi connectivity index (χ3n) is 2.63. The van der Waals surface area contributed by atoms with E-state index in [1.165, 1.54) is 18.4 Å². The molecule has 88 valence electrons. The monoisotopic (exact) mass is 236 g/mol. The minimum Gasteiger partial charge on any atom is -0.310 e. The molecule has 1 aromatic rings. The molecule has 2 heterocycles. The Hall–Kier alpha value is -0.540. The summed E-state index contributed by atoms with van der Waals surface area (Å²) < 4.78 is 0.236. The smallest absolute Gasteiger partial charge is 0.0965 e. The second-order valence-corrected chi connectivity index (χ2v) is 7.14. The standard InChI is InChI=1S/C13H20N2S/c1-13(2,3)16-12-7-6-10(9-15-12)11-5-4-8-14-11/h6-7,9,11,14H,4-5,8H2,1-3H3. The minimum absolute atomic E-state index is 0.236. The van der Waals surface area contributed by atoms with Gasteiger partial charge in [-0.3, -0.25) is 0 Å². The first-order valence-corrected chi connectivity index (χ1v) is 6.75. The summed E-state index contributed by atoms with van der Waals surface area (Å²) in [6, 6.07) is 4.89. The quantitative estimate of drug-likeness (QED) is 0.797. The Morgan fingerprint density at radius 2 is 2.19 bits per heavy atom. The van der Waals surface area contributed by atoms with Crippen LogP contribution in [0.15, 0.2) is 23.4 Å². The van der Waals surface area contributed by atoms with Gasteiger partial charge in [-0.15, -0.1) is 11.8 Å². The Balaban J connectivity index is 2.04. The lowest BCUT2D eigenvalue weighted by Crippen LogP contribution is -2.13. The molecule has 1 saturated heterocycles. The van der Waals surface area contributed by atoms with Gasteiger partial charge in [0.25, 0.3) is 0 Å². The Morgan fingerprint density at radius 3 is 2.69 bits per heavy atom.